The SMILES string of the molecule is N#CC(C#N)=c1ccc(=C(c2ccc3cccccc2-3)c2cc(C(c3ccc4cccccc3-4)=c3ccc(=C(C#N)C#N)cc3)c3cccccc2-3)cc1. The molecule has 0 aromatic heterocycles. The molecular weight excluding hydrogens is 657 g/mol. The van der Waals surface area contributed by atoms with Crippen molar-refractivity contribution in [2.24, 2.45) is 0 Å². The van der Waals surface area contributed by atoms with Gasteiger partial charge in [0.25, 0.3) is 0 Å². The predicted molar refractivity (Wildman–Crippen MR) is 213 cm³/mol. The standard InChI is InChI=1S/C50H28N4/c51-29-39(30-52)33-16-20-37(21-17-33)49(45-26-24-35-10-4-1-6-12-41(35)45)47-28-48(44-15-9-3-8-14-43(44)47)50(38-22-18-34(19-23-38)40(31-53)32-54)46-27-25-36-11-5-2-7-13-42(36)46/h1-28H. The van der Waals surface area contributed by atoms with Gasteiger partial charge in [-0.1, -0.05) is 164 Å². The number of benzene rings is 2. The zero-order chi connectivity index (χ0) is 37.0. The Morgan fingerprint density at radius 2 is 0.630 bits per heavy atom. The molecule has 0 atom stereocenters. The van der Waals surface area contributed by atoms with Crippen molar-refractivity contribution < 1.29 is 0 Å². The maximum Gasteiger partial charge on any atom is 0.136 e. The molecule has 0 fully saturated rings. The summed E-state index contributed by atoms with van der Waals surface area (Å²) >= 11 is 0. The van der Waals surface area contributed by atoms with Crippen LogP contribution in [0.25, 0.3) is 55.7 Å². The topological polar surface area (TPSA) is 95.2 Å². The molecule has 248 valence electrons. The highest BCUT2D eigenvalue weighted by atomic mass is 14.3. The van der Waals surface area contributed by atoms with Crippen LogP contribution in [0, 0.1) is 45.3 Å². The van der Waals surface area contributed by atoms with Gasteiger partial charge in [-0.25, -0.2) is 0 Å². The summed E-state index contributed by atoms with van der Waals surface area (Å²) in [7, 11) is 0. The van der Waals surface area contributed by atoms with Crippen LogP contribution in [0.4, 0.5) is 0 Å². The van der Waals surface area contributed by atoms with Gasteiger partial charge >= 0.3 is 0 Å². The van der Waals surface area contributed by atoms with E-state index in [1.54, 1.807) is 0 Å². The van der Waals surface area contributed by atoms with E-state index < -0.39 is 0 Å². The highest BCUT2D eigenvalue weighted by molar-refractivity contribution is 6.03. The van der Waals surface area contributed by atoms with Gasteiger partial charge in [-0.3, -0.25) is 0 Å². The van der Waals surface area contributed by atoms with Crippen molar-refractivity contribution in [2.75, 3.05) is 0 Å². The summed E-state index contributed by atoms with van der Waals surface area (Å²) < 4.78 is 0. The van der Waals surface area contributed by atoms with Crippen LogP contribution in [0.1, 0.15) is 22.3 Å². The zero-order valence-corrected chi connectivity index (χ0v) is 29.0. The Bertz CT molecular complexity index is 2820. The molecule has 2 aromatic rings. The Balaban J connectivity index is 1.51. The minimum atomic E-state index is 0.0665. The molecule has 0 heterocycles. The summed E-state index contributed by atoms with van der Waals surface area (Å²) in [6.07, 6.45) is 0. The van der Waals surface area contributed by atoms with Crippen LogP contribution >= 0.6 is 0 Å². The van der Waals surface area contributed by atoms with Gasteiger partial charge in [-0.2, -0.15) is 21.0 Å². The summed E-state index contributed by atoms with van der Waals surface area (Å²) in [6, 6.07) is 65.6. The second-order valence-electron chi connectivity index (χ2n) is 12.9. The van der Waals surface area contributed by atoms with Crippen LogP contribution in [0.15, 0.2) is 170 Å². The minimum Gasteiger partial charge on any atom is -0.192 e. The van der Waals surface area contributed by atoms with E-state index in [1.165, 1.54) is 0 Å². The number of fused-ring (bicyclic) bond motifs is 3. The van der Waals surface area contributed by atoms with Crippen LogP contribution in [-0.2, 0) is 0 Å². The molecule has 4 nitrogen and oxygen atoms in total. The molecule has 6 aliphatic rings. The Morgan fingerprint density at radius 1 is 0.296 bits per heavy atom. The number of nitrogens with zero attached hydrogens (tertiary/aromatic N) is 4. The van der Waals surface area contributed by atoms with Gasteiger partial charge < -0.3 is 0 Å². The average Bonchev–Trinajstić information content (AvgIpc) is 3.64. The zero-order valence-electron chi connectivity index (χ0n) is 29.0. The van der Waals surface area contributed by atoms with Crippen molar-refractivity contribution in [3.05, 3.63) is 213 Å². The van der Waals surface area contributed by atoms with Crippen molar-refractivity contribution in [2.45, 2.75) is 0 Å². The van der Waals surface area contributed by atoms with Crippen LogP contribution in [0.2, 0.25) is 0 Å². The maximum absolute atomic E-state index is 9.60. The van der Waals surface area contributed by atoms with E-state index in [4.69, 9.17) is 0 Å². The smallest absolute Gasteiger partial charge is 0.136 e. The molecule has 0 radical (unpaired) electrons. The van der Waals surface area contributed by atoms with Crippen molar-refractivity contribution >= 4 is 22.3 Å². The summed E-state index contributed by atoms with van der Waals surface area (Å²) in [5.74, 6) is 0. The average molecular weight is 685 g/mol. The Kier molecular flexibility index (Phi) is 8.78. The van der Waals surface area contributed by atoms with Crippen LogP contribution in [0.5, 0.6) is 0 Å². The van der Waals surface area contributed by atoms with Crippen molar-refractivity contribution in [3.8, 4) is 57.7 Å². The third kappa shape index (κ3) is 5.84. The lowest BCUT2D eigenvalue weighted by Gasteiger charge is -2.11. The number of rotatable bonds is 4. The molecule has 8 rings (SSSR count). The van der Waals surface area contributed by atoms with Gasteiger partial charge in [-0.15, -0.1) is 0 Å². The van der Waals surface area contributed by atoms with Crippen LogP contribution in [-0.4, -0.2) is 0 Å². The first-order valence-corrected chi connectivity index (χ1v) is 17.4. The van der Waals surface area contributed by atoms with E-state index in [1.807, 2.05) is 103 Å². The monoisotopic (exact) mass is 684 g/mol. The van der Waals surface area contributed by atoms with Crippen molar-refractivity contribution in [3.63, 3.8) is 0 Å². The molecule has 0 saturated carbocycles. The third-order valence-corrected chi connectivity index (χ3v) is 9.94. The van der Waals surface area contributed by atoms with E-state index in [0.29, 0.717) is 10.4 Å². The van der Waals surface area contributed by atoms with E-state index in [2.05, 4.69) is 91.0 Å². The molecule has 2 aromatic carbocycles. The fraction of sp³-hybridized carbons (Fsp3) is 0. The van der Waals surface area contributed by atoms with Crippen LogP contribution in [0.3, 0.4) is 0 Å². The number of hydrogen-bond donors (Lipinski definition) is 0. The summed E-state index contributed by atoms with van der Waals surface area (Å²) in [6.45, 7) is 0. The maximum atomic E-state index is 9.60. The highest BCUT2D eigenvalue weighted by Crippen LogP contribution is 2.45. The molecule has 0 saturated heterocycles. The first-order chi connectivity index (χ1) is 26.6. The normalized spacial score (nSPS) is 10.5. The van der Waals surface area contributed by atoms with Crippen molar-refractivity contribution in [1.29, 1.82) is 21.0 Å². The molecule has 6 aliphatic carbocycles. The minimum absolute atomic E-state index is 0.0665. The van der Waals surface area contributed by atoms with E-state index in [-0.39, 0.29) is 11.1 Å². The lowest BCUT2D eigenvalue weighted by atomic mass is 9.92. The highest BCUT2D eigenvalue weighted by Gasteiger charge is 2.26. The molecule has 0 amide bonds. The van der Waals surface area contributed by atoms with E-state index >= 15 is 0 Å². The second-order valence-corrected chi connectivity index (χ2v) is 12.9. The van der Waals surface area contributed by atoms with E-state index in [0.717, 1.165) is 77.2 Å². The predicted octanol–water partition coefficient (Wildman–Crippen LogP) is 7.89. The number of hydrogen-bond acceptors (Lipinski definition) is 4. The van der Waals surface area contributed by atoms with Gasteiger partial charge in [-0.05, 0) is 83.3 Å². The third-order valence-electron chi connectivity index (χ3n) is 9.94. The molecule has 0 aliphatic heterocycles. The molecule has 4 heteroatoms. The van der Waals surface area contributed by atoms with Gasteiger partial charge in [0.15, 0.2) is 0 Å². The fourth-order valence-corrected chi connectivity index (χ4v) is 7.42. The van der Waals surface area contributed by atoms with E-state index in [9.17, 15) is 21.0 Å². The summed E-state index contributed by atoms with van der Waals surface area (Å²) in [5, 5.41) is 41.4. The van der Waals surface area contributed by atoms with Crippen molar-refractivity contribution in [1.82, 2.24) is 0 Å². The second kappa shape index (κ2) is 14.3. The van der Waals surface area contributed by atoms with Crippen LogP contribution < -0.4 is 20.9 Å². The molecule has 54 heavy (non-hydrogen) atoms. The Morgan fingerprint density at radius 3 is 1.00 bits per heavy atom. The quantitative estimate of drug-likeness (QED) is 0.188. The fourth-order valence-electron chi connectivity index (χ4n) is 7.42. The first-order valence-electron chi connectivity index (χ1n) is 17.4. The lowest BCUT2D eigenvalue weighted by molar-refractivity contribution is 1.46. The van der Waals surface area contributed by atoms with Gasteiger partial charge in [0.2, 0.25) is 0 Å². The van der Waals surface area contributed by atoms with Gasteiger partial charge in [0, 0.05) is 10.4 Å². The molecule has 0 bridgehead atoms. The molecule has 0 unspecified atom stereocenters. The molecular formula is C50H28N4. The summed E-state index contributed by atoms with van der Waals surface area (Å²) in [5.41, 5.74) is 12.9. The first kappa shape index (κ1) is 33.1. The summed E-state index contributed by atoms with van der Waals surface area (Å²) in [4.78, 5) is 0. The molecule has 0 N–H and O–H groups in total. The number of nitriles is 4. The Labute approximate surface area is 312 Å². The molecule has 0 spiro atoms. The Hall–Kier alpha value is -8.02. The lowest BCUT2D eigenvalue weighted by Crippen LogP contribution is -2.14. The largest absolute Gasteiger partial charge is 0.192 e. The van der Waals surface area contributed by atoms with Gasteiger partial charge in [0.05, 0.1) is 0 Å². The van der Waals surface area contributed by atoms with Gasteiger partial charge in [0.1, 0.15) is 35.4 Å².